The van der Waals surface area contributed by atoms with Crippen molar-refractivity contribution >= 4 is 17.6 Å². The standard InChI is InChI=1S/C20H13ClF3NO5/c1-10-16(21)18(26)15(17(25-10)19(27)28)11-2-4-12(5-3-11)29-13-6-8-14(9-7-13)30-20(22,23)24/h2-9H,1H3,(H,25,26)(H,27,28). The van der Waals surface area contributed by atoms with Crippen LogP contribution in [0.25, 0.3) is 11.1 Å². The fourth-order valence-corrected chi connectivity index (χ4v) is 2.81. The van der Waals surface area contributed by atoms with Gasteiger partial charge in [0.2, 0.25) is 5.43 Å². The number of hydrogen-bond donors (Lipinski definition) is 2. The van der Waals surface area contributed by atoms with E-state index in [1.165, 1.54) is 43.3 Å². The van der Waals surface area contributed by atoms with Gasteiger partial charge in [0.05, 0.1) is 5.56 Å². The summed E-state index contributed by atoms with van der Waals surface area (Å²) in [6, 6.07) is 10.7. The molecule has 156 valence electrons. The second kappa shape index (κ2) is 8.11. The highest BCUT2D eigenvalue weighted by atomic mass is 35.5. The number of ether oxygens (including phenoxy) is 2. The van der Waals surface area contributed by atoms with Crippen molar-refractivity contribution in [3.8, 4) is 28.4 Å². The first kappa shape index (κ1) is 21.3. The third-order valence-corrected chi connectivity index (χ3v) is 4.42. The van der Waals surface area contributed by atoms with Gasteiger partial charge in [-0.15, -0.1) is 13.2 Å². The zero-order valence-corrected chi connectivity index (χ0v) is 16.0. The molecule has 3 rings (SSSR count). The van der Waals surface area contributed by atoms with Crippen molar-refractivity contribution in [1.29, 1.82) is 0 Å². The van der Waals surface area contributed by atoms with Gasteiger partial charge in [-0.1, -0.05) is 23.7 Å². The monoisotopic (exact) mass is 439 g/mol. The minimum absolute atomic E-state index is 0.0988. The predicted molar refractivity (Wildman–Crippen MR) is 102 cm³/mol. The van der Waals surface area contributed by atoms with E-state index in [4.69, 9.17) is 16.3 Å². The average molecular weight is 440 g/mol. The van der Waals surface area contributed by atoms with E-state index in [1.54, 1.807) is 0 Å². The molecule has 6 nitrogen and oxygen atoms in total. The smallest absolute Gasteiger partial charge is 0.477 e. The molecule has 0 spiro atoms. The Morgan fingerprint density at radius 2 is 1.50 bits per heavy atom. The number of nitrogens with one attached hydrogen (secondary N) is 1. The lowest BCUT2D eigenvalue weighted by Gasteiger charge is -2.11. The first-order chi connectivity index (χ1) is 14.0. The molecule has 0 atom stereocenters. The number of hydrogen-bond acceptors (Lipinski definition) is 4. The van der Waals surface area contributed by atoms with E-state index >= 15 is 0 Å². The Hall–Kier alpha value is -3.46. The van der Waals surface area contributed by atoms with Crippen LogP contribution >= 0.6 is 11.6 Å². The van der Waals surface area contributed by atoms with E-state index in [-0.39, 0.29) is 33.5 Å². The molecule has 1 heterocycles. The molecule has 0 aliphatic carbocycles. The van der Waals surface area contributed by atoms with Gasteiger partial charge in [0.1, 0.15) is 28.0 Å². The first-order valence-electron chi connectivity index (χ1n) is 8.35. The minimum Gasteiger partial charge on any atom is -0.477 e. The molecule has 1 aromatic heterocycles. The number of aromatic nitrogens is 1. The van der Waals surface area contributed by atoms with Crippen molar-refractivity contribution in [2.24, 2.45) is 0 Å². The number of aromatic amines is 1. The maximum absolute atomic E-state index is 12.5. The van der Waals surface area contributed by atoms with Crippen molar-refractivity contribution in [3.63, 3.8) is 0 Å². The lowest BCUT2D eigenvalue weighted by molar-refractivity contribution is -0.274. The zero-order chi connectivity index (χ0) is 22.1. The summed E-state index contributed by atoms with van der Waals surface area (Å²) in [5.41, 5.74) is -0.481. The summed E-state index contributed by atoms with van der Waals surface area (Å²) in [6.07, 6.45) is -4.79. The molecule has 2 aromatic carbocycles. The van der Waals surface area contributed by atoms with Crippen LogP contribution in [0, 0.1) is 6.92 Å². The molecule has 2 N–H and O–H groups in total. The molecule has 0 unspecified atom stereocenters. The van der Waals surface area contributed by atoms with Gasteiger partial charge in [0.25, 0.3) is 0 Å². The lowest BCUT2D eigenvalue weighted by atomic mass is 10.0. The second-order valence-corrected chi connectivity index (χ2v) is 6.47. The molecule has 0 radical (unpaired) electrons. The Labute approximate surface area is 172 Å². The van der Waals surface area contributed by atoms with Crippen molar-refractivity contribution in [2.45, 2.75) is 13.3 Å². The molecule has 10 heteroatoms. The van der Waals surface area contributed by atoms with Crippen LogP contribution in [-0.2, 0) is 0 Å². The van der Waals surface area contributed by atoms with E-state index in [9.17, 15) is 27.9 Å². The molecule has 0 aliphatic rings. The molecule has 30 heavy (non-hydrogen) atoms. The zero-order valence-electron chi connectivity index (χ0n) is 15.2. The number of rotatable bonds is 5. The van der Waals surface area contributed by atoms with Gasteiger partial charge >= 0.3 is 12.3 Å². The van der Waals surface area contributed by atoms with E-state index in [0.717, 1.165) is 12.1 Å². The van der Waals surface area contributed by atoms with Crippen LogP contribution in [0.3, 0.4) is 0 Å². The quantitative estimate of drug-likeness (QED) is 0.556. The van der Waals surface area contributed by atoms with Crippen LogP contribution in [0.15, 0.2) is 53.3 Å². The summed E-state index contributed by atoms with van der Waals surface area (Å²) < 4.78 is 45.9. The Balaban J connectivity index is 1.85. The van der Waals surface area contributed by atoms with Crippen molar-refractivity contribution < 1.29 is 32.5 Å². The van der Waals surface area contributed by atoms with Crippen LogP contribution in [0.4, 0.5) is 13.2 Å². The number of carboxylic acids is 1. The molecule has 0 saturated heterocycles. The number of H-pyrrole nitrogens is 1. The van der Waals surface area contributed by atoms with E-state index in [2.05, 4.69) is 9.72 Å². The Kier molecular flexibility index (Phi) is 5.75. The third-order valence-electron chi connectivity index (χ3n) is 3.97. The highest BCUT2D eigenvalue weighted by molar-refractivity contribution is 6.31. The predicted octanol–water partition coefficient (Wildman–Crippen LogP) is 5.39. The number of halogens is 4. The second-order valence-electron chi connectivity index (χ2n) is 6.09. The summed E-state index contributed by atoms with van der Waals surface area (Å²) in [4.78, 5) is 26.6. The minimum atomic E-state index is -4.79. The van der Waals surface area contributed by atoms with Gasteiger partial charge in [-0.3, -0.25) is 4.79 Å². The van der Waals surface area contributed by atoms with E-state index in [0.29, 0.717) is 11.3 Å². The van der Waals surface area contributed by atoms with Crippen LogP contribution in [0.5, 0.6) is 17.2 Å². The van der Waals surface area contributed by atoms with Crippen LogP contribution in [-0.4, -0.2) is 22.4 Å². The number of alkyl halides is 3. The molecule has 3 aromatic rings. The number of pyridine rings is 1. The van der Waals surface area contributed by atoms with Gasteiger partial charge in [0.15, 0.2) is 0 Å². The fourth-order valence-electron chi connectivity index (χ4n) is 2.67. The van der Waals surface area contributed by atoms with Gasteiger partial charge in [-0.2, -0.15) is 0 Å². The molecule has 0 fully saturated rings. The molecule has 0 amide bonds. The van der Waals surface area contributed by atoms with Gasteiger partial charge in [0, 0.05) is 5.69 Å². The lowest BCUT2D eigenvalue weighted by Crippen LogP contribution is -2.16. The number of aryl methyl sites for hydroxylation is 1. The number of benzene rings is 2. The molecule has 0 bridgehead atoms. The summed E-state index contributed by atoms with van der Waals surface area (Å²) in [7, 11) is 0. The first-order valence-corrected chi connectivity index (χ1v) is 8.72. The SMILES string of the molecule is Cc1[nH]c(C(=O)O)c(-c2ccc(Oc3ccc(OC(F)(F)F)cc3)cc2)c(=O)c1Cl. The molecule has 0 aliphatic heterocycles. The highest BCUT2D eigenvalue weighted by Crippen LogP contribution is 2.29. The average Bonchev–Trinajstić information content (AvgIpc) is 2.67. The van der Waals surface area contributed by atoms with Crippen molar-refractivity contribution in [1.82, 2.24) is 4.98 Å². The molecule has 0 saturated carbocycles. The fraction of sp³-hybridized carbons (Fsp3) is 0.100. The molecular weight excluding hydrogens is 427 g/mol. The van der Waals surface area contributed by atoms with Crippen LogP contribution in [0.1, 0.15) is 16.2 Å². The van der Waals surface area contributed by atoms with Crippen molar-refractivity contribution in [3.05, 3.63) is 75.2 Å². The Bertz CT molecular complexity index is 1140. The van der Waals surface area contributed by atoms with E-state index < -0.39 is 17.8 Å². The number of carboxylic acid groups (broad SMARTS) is 1. The number of aromatic carboxylic acids is 1. The number of carbonyl (C=O) groups is 1. The van der Waals surface area contributed by atoms with Crippen molar-refractivity contribution in [2.75, 3.05) is 0 Å². The molecular formula is C20H13ClF3NO5. The van der Waals surface area contributed by atoms with Crippen LogP contribution in [0.2, 0.25) is 5.02 Å². The maximum atomic E-state index is 12.5. The third kappa shape index (κ3) is 4.74. The normalized spacial score (nSPS) is 11.2. The summed E-state index contributed by atoms with van der Waals surface area (Å²) in [5.74, 6) is -1.14. The van der Waals surface area contributed by atoms with Gasteiger partial charge < -0.3 is 19.6 Å². The van der Waals surface area contributed by atoms with Gasteiger partial charge in [-0.05, 0) is 48.9 Å². The summed E-state index contributed by atoms with van der Waals surface area (Å²) >= 11 is 5.96. The summed E-state index contributed by atoms with van der Waals surface area (Å²) in [5, 5.41) is 9.28. The summed E-state index contributed by atoms with van der Waals surface area (Å²) in [6.45, 7) is 1.49. The van der Waals surface area contributed by atoms with Crippen LogP contribution < -0.4 is 14.9 Å². The van der Waals surface area contributed by atoms with Gasteiger partial charge in [-0.25, -0.2) is 4.79 Å². The topological polar surface area (TPSA) is 88.6 Å². The Morgan fingerprint density at radius 3 is 2.00 bits per heavy atom. The highest BCUT2D eigenvalue weighted by Gasteiger charge is 2.31. The van der Waals surface area contributed by atoms with E-state index in [1.807, 2.05) is 0 Å². The Morgan fingerprint density at radius 1 is 1.00 bits per heavy atom. The maximum Gasteiger partial charge on any atom is 0.573 e. The largest absolute Gasteiger partial charge is 0.573 e.